The van der Waals surface area contributed by atoms with E-state index in [0.29, 0.717) is 12.2 Å². The van der Waals surface area contributed by atoms with Crippen LogP contribution in [0.2, 0.25) is 0 Å². The quantitative estimate of drug-likeness (QED) is 0.383. The summed E-state index contributed by atoms with van der Waals surface area (Å²) in [5, 5.41) is 18.6. The number of aliphatic carboxylic acids is 1. The molecule has 0 spiro atoms. The molecule has 1 aliphatic rings. The molecule has 0 aromatic heterocycles. The highest BCUT2D eigenvalue weighted by atomic mass is 16.4. The molecule has 0 heterocycles. The lowest BCUT2D eigenvalue weighted by atomic mass is 9.89. The van der Waals surface area contributed by atoms with Gasteiger partial charge in [-0.3, -0.25) is 9.59 Å². The summed E-state index contributed by atoms with van der Waals surface area (Å²) in [6, 6.07) is 0. The van der Waals surface area contributed by atoms with Crippen LogP contribution in [0.1, 0.15) is 84.0 Å². The number of allylic oxidation sites excluding steroid dienone is 1. The van der Waals surface area contributed by atoms with E-state index in [-0.39, 0.29) is 24.4 Å². The van der Waals surface area contributed by atoms with E-state index in [0.717, 1.165) is 64.2 Å². The number of aliphatic hydroxyl groups is 1. The predicted molar refractivity (Wildman–Crippen MR) is 95.8 cm³/mol. The average molecular weight is 338 g/mol. The maximum atomic E-state index is 12.1. The molecule has 138 valence electrons. The molecule has 0 radical (unpaired) electrons. The van der Waals surface area contributed by atoms with Gasteiger partial charge < -0.3 is 10.2 Å². The molecule has 1 rings (SSSR count). The number of carboxylic acids is 1. The van der Waals surface area contributed by atoms with Crippen LogP contribution in [0, 0.1) is 11.8 Å². The van der Waals surface area contributed by atoms with Crippen LogP contribution >= 0.6 is 0 Å². The number of ketones is 1. The first kappa shape index (κ1) is 20.9. The first-order valence-corrected chi connectivity index (χ1v) is 9.65. The molecule has 4 heteroatoms. The molecule has 24 heavy (non-hydrogen) atoms. The SMILES string of the molecule is CCCCCC(O)C=C[C@H]1CCC(=O)[C@@H]1CCCCCCC(=O)O. The zero-order valence-electron chi connectivity index (χ0n) is 15.1. The zero-order chi connectivity index (χ0) is 17.8. The van der Waals surface area contributed by atoms with Crippen molar-refractivity contribution in [2.45, 2.75) is 90.1 Å². The lowest BCUT2D eigenvalue weighted by molar-refractivity contribution is -0.137. The van der Waals surface area contributed by atoms with E-state index in [9.17, 15) is 14.7 Å². The summed E-state index contributed by atoms with van der Waals surface area (Å²) in [5.74, 6) is 0.000218. The lowest BCUT2D eigenvalue weighted by Crippen LogP contribution is -2.14. The van der Waals surface area contributed by atoms with Gasteiger partial charge in [-0.25, -0.2) is 0 Å². The molecule has 0 aromatic rings. The first-order chi connectivity index (χ1) is 11.5. The number of carbonyl (C=O) groups excluding carboxylic acids is 1. The maximum absolute atomic E-state index is 12.1. The van der Waals surface area contributed by atoms with E-state index < -0.39 is 5.97 Å². The molecule has 0 aromatic carbocycles. The number of hydrogen-bond acceptors (Lipinski definition) is 3. The Labute approximate surface area is 146 Å². The van der Waals surface area contributed by atoms with Gasteiger partial charge >= 0.3 is 5.97 Å². The largest absolute Gasteiger partial charge is 0.481 e. The normalized spacial score (nSPS) is 22.3. The smallest absolute Gasteiger partial charge is 0.303 e. The van der Waals surface area contributed by atoms with E-state index >= 15 is 0 Å². The monoisotopic (exact) mass is 338 g/mol. The maximum Gasteiger partial charge on any atom is 0.303 e. The summed E-state index contributed by atoms with van der Waals surface area (Å²) in [5.41, 5.74) is 0. The van der Waals surface area contributed by atoms with Crippen molar-refractivity contribution in [2.24, 2.45) is 11.8 Å². The van der Waals surface area contributed by atoms with Crippen LogP contribution in [-0.4, -0.2) is 28.1 Å². The molecule has 1 saturated carbocycles. The lowest BCUT2D eigenvalue weighted by Gasteiger charge is -2.15. The number of Topliss-reactive ketones (excluding diaryl/α,β-unsaturated/α-hetero) is 1. The molecule has 4 nitrogen and oxygen atoms in total. The second-order valence-corrected chi connectivity index (χ2v) is 7.07. The van der Waals surface area contributed by atoms with Crippen LogP contribution in [0.15, 0.2) is 12.2 Å². The second-order valence-electron chi connectivity index (χ2n) is 7.07. The first-order valence-electron chi connectivity index (χ1n) is 9.65. The Kier molecular flexibility index (Phi) is 10.6. The fourth-order valence-electron chi connectivity index (χ4n) is 3.50. The Balaban J connectivity index is 2.28. The molecule has 1 unspecified atom stereocenters. The highest BCUT2D eigenvalue weighted by Gasteiger charge is 2.32. The van der Waals surface area contributed by atoms with Crippen LogP contribution in [0.5, 0.6) is 0 Å². The Morgan fingerprint density at radius 2 is 1.96 bits per heavy atom. The number of unbranched alkanes of at least 4 members (excludes halogenated alkanes) is 5. The zero-order valence-corrected chi connectivity index (χ0v) is 15.1. The van der Waals surface area contributed by atoms with Crippen LogP contribution in [0.25, 0.3) is 0 Å². The van der Waals surface area contributed by atoms with E-state index in [4.69, 9.17) is 5.11 Å². The molecule has 1 aliphatic carbocycles. The standard InChI is InChI=1S/C20H34O4/c1-2-3-6-9-17(21)14-12-16-13-15-19(22)18(16)10-7-4-5-8-11-20(23)24/h12,14,16-18,21H,2-11,13,15H2,1H3,(H,23,24)/t16-,17?,18+/m0/s1. The Morgan fingerprint density at radius 3 is 2.67 bits per heavy atom. The summed E-state index contributed by atoms with van der Waals surface area (Å²) < 4.78 is 0. The fourth-order valence-corrected chi connectivity index (χ4v) is 3.50. The third kappa shape index (κ3) is 8.62. The van der Waals surface area contributed by atoms with Gasteiger partial charge in [-0.1, -0.05) is 57.6 Å². The van der Waals surface area contributed by atoms with Gasteiger partial charge in [-0.15, -0.1) is 0 Å². The van der Waals surface area contributed by atoms with E-state index in [1.807, 2.05) is 6.08 Å². The number of aliphatic hydroxyl groups excluding tert-OH is 1. The molecule has 0 saturated heterocycles. The van der Waals surface area contributed by atoms with Crippen molar-refractivity contribution in [2.75, 3.05) is 0 Å². The van der Waals surface area contributed by atoms with Crippen molar-refractivity contribution in [3.05, 3.63) is 12.2 Å². The minimum Gasteiger partial charge on any atom is -0.481 e. The Morgan fingerprint density at radius 1 is 1.21 bits per heavy atom. The molecule has 1 fully saturated rings. The van der Waals surface area contributed by atoms with Gasteiger partial charge in [0.2, 0.25) is 0 Å². The third-order valence-corrected chi connectivity index (χ3v) is 4.99. The fraction of sp³-hybridized carbons (Fsp3) is 0.800. The van der Waals surface area contributed by atoms with Crippen molar-refractivity contribution in [1.29, 1.82) is 0 Å². The molecule has 0 aliphatic heterocycles. The molecular formula is C20H34O4. The van der Waals surface area contributed by atoms with Gasteiger partial charge in [-0.2, -0.15) is 0 Å². The van der Waals surface area contributed by atoms with Gasteiger partial charge in [-0.05, 0) is 31.6 Å². The molecule has 2 N–H and O–H groups in total. The topological polar surface area (TPSA) is 74.6 Å². The van der Waals surface area contributed by atoms with Gasteiger partial charge in [0.05, 0.1) is 6.10 Å². The third-order valence-electron chi connectivity index (χ3n) is 4.99. The Hall–Kier alpha value is -1.16. The average Bonchev–Trinajstić information content (AvgIpc) is 2.89. The molecule has 3 atom stereocenters. The molecular weight excluding hydrogens is 304 g/mol. The van der Waals surface area contributed by atoms with Crippen molar-refractivity contribution >= 4 is 11.8 Å². The summed E-state index contributed by atoms with van der Waals surface area (Å²) in [6.45, 7) is 2.15. The van der Waals surface area contributed by atoms with Crippen molar-refractivity contribution in [3.63, 3.8) is 0 Å². The van der Waals surface area contributed by atoms with Crippen molar-refractivity contribution in [3.8, 4) is 0 Å². The number of carboxylic acid groups (broad SMARTS) is 1. The predicted octanol–water partition coefficient (Wildman–Crippen LogP) is 4.50. The minimum absolute atomic E-state index is 0.101. The number of hydrogen-bond donors (Lipinski definition) is 2. The summed E-state index contributed by atoms with van der Waals surface area (Å²) in [7, 11) is 0. The summed E-state index contributed by atoms with van der Waals surface area (Å²) >= 11 is 0. The van der Waals surface area contributed by atoms with Crippen LogP contribution in [0.4, 0.5) is 0 Å². The van der Waals surface area contributed by atoms with Gasteiger partial charge in [0.1, 0.15) is 5.78 Å². The summed E-state index contributed by atoms with van der Waals surface area (Å²) in [6.07, 6.45) is 14.0. The van der Waals surface area contributed by atoms with Crippen LogP contribution < -0.4 is 0 Å². The van der Waals surface area contributed by atoms with Gasteiger partial charge in [0.15, 0.2) is 0 Å². The highest BCUT2D eigenvalue weighted by molar-refractivity contribution is 5.83. The van der Waals surface area contributed by atoms with Crippen LogP contribution in [-0.2, 0) is 9.59 Å². The molecule has 0 bridgehead atoms. The van der Waals surface area contributed by atoms with Gasteiger partial charge in [0, 0.05) is 18.8 Å². The van der Waals surface area contributed by atoms with Crippen LogP contribution in [0.3, 0.4) is 0 Å². The van der Waals surface area contributed by atoms with Crippen molar-refractivity contribution in [1.82, 2.24) is 0 Å². The van der Waals surface area contributed by atoms with E-state index in [1.54, 1.807) is 0 Å². The summed E-state index contributed by atoms with van der Waals surface area (Å²) in [4.78, 5) is 22.5. The van der Waals surface area contributed by atoms with E-state index in [2.05, 4.69) is 13.0 Å². The minimum atomic E-state index is -0.733. The number of rotatable bonds is 13. The molecule has 0 amide bonds. The van der Waals surface area contributed by atoms with Gasteiger partial charge in [0.25, 0.3) is 0 Å². The Bertz CT molecular complexity index is 402. The van der Waals surface area contributed by atoms with E-state index in [1.165, 1.54) is 0 Å². The van der Waals surface area contributed by atoms with Crippen molar-refractivity contribution < 1.29 is 19.8 Å². The number of carbonyl (C=O) groups is 2. The highest BCUT2D eigenvalue weighted by Crippen LogP contribution is 2.34. The second kappa shape index (κ2) is 12.2.